The summed E-state index contributed by atoms with van der Waals surface area (Å²) in [6, 6.07) is 0. The summed E-state index contributed by atoms with van der Waals surface area (Å²) in [6.07, 6.45) is 2.40. The molecule has 0 aliphatic carbocycles. The average molecular weight is 122 g/mol. The summed E-state index contributed by atoms with van der Waals surface area (Å²) < 4.78 is 0. The summed E-state index contributed by atoms with van der Waals surface area (Å²) in [5, 5.41) is 0. The van der Waals surface area contributed by atoms with Gasteiger partial charge in [-0.15, -0.1) is 0 Å². The second-order valence-electron chi connectivity index (χ2n) is 1.15. The Morgan fingerprint density at radius 2 is 1.17 bits per heavy atom. The van der Waals surface area contributed by atoms with Gasteiger partial charge in [0.05, 0.1) is 0 Å². The van der Waals surface area contributed by atoms with Crippen LogP contribution in [0.2, 0.25) is 0 Å². The van der Waals surface area contributed by atoms with Crippen molar-refractivity contribution >= 4 is 25.3 Å². The van der Waals surface area contributed by atoms with Crippen molar-refractivity contribution in [3.8, 4) is 0 Å². The predicted octanol–water partition coefficient (Wildman–Crippen LogP) is 1.63. The van der Waals surface area contributed by atoms with E-state index in [1.807, 2.05) is 0 Å². The highest BCUT2D eigenvalue weighted by molar-refractivity contribution is 7.80. The quantitative estimate of drug-likeness (QED) is 0.412. The normalized spacial score (nSPS) is 9.00. The van der Waals surface area contributed by atoms with Gasteiger partial charge in [-0.3, -0.25) is 0 Å². The molecule has 6 heavy (non-hydrogen) atoms. The predicted molar refractivity (Wildman–Crippen MR) is 36.9 cm³/mol. The van der Waals surface area contributed by atoms with Crippen LogP contribution in [0, 0.1) is 0 Å². The average Bonchev–Trinajstić information content (AvgIpc) is 1.61. The molecule has 0 saturated heterocycles. The molecular formula is C4H10S2. The van der Waals surface area contributed by atoms with E-state index in [0.717, 1.165) is 11.5 Å². The van der Waals surface area contributed by atoms with Gasteiger partial charge in [-0.25, -0.2) is 0 Å². The molecule has 0 unspecified atom stereocenters. The number of rotatable bonds is 3. The highest BCUT2D eigenvalue weighted by Crippen LogP contribution is 1.91. The second kappa shape index (κ2) is 5.70. The van der Waals surface area contributed by atoms with E-state index in [-0.39, 0.29) is 0 Å². The summed E-state index contributed by atoms with van der Waals surface area (Å²) in [4.78, 5) is 0. The second-order valence-corrected chi connectivity index (χ2v) is 2.05. The third-order valence-electron chi connectivity index (χ3n) is 0.566. The van der Waals surface area contributed by atoms with Gasteiger partial charge in [-0.05, 0) is 24.3 Å². The van der Waals surface area contributed by atoms with Crippen LogP contribution in [0.4, 0.5) is 0 Å². The molecule has 38 valence electrons. The van der Waals surface area contributed by atoms with Crippen LogP contribution in [0.1, 0.15) is 12.8 Å². The van der Waals surface area contributed by atoms with Crippen LogP contribution in [0.25, 0.3) is 0 Å². The Labute approximate surface area is 50.1 Å². The van der Waals surface area contributed by atoms with Crippen molar-refractivity contribution in [3.63, 3.8) is 0 Å². The van der Waals surface area contributed by atoms with E-state index in [2.05, 4.69) is 25.3 Å². The zero-order valence-electron chi connectivity index (χ0n) is 3.72. The van der Waals surface area contributed by atoms with Gasteiger partial charge in [-0.1, -0.05) is 0 Å². The van der Waals surface area contributed by atoms with Crippen molar-refractivity contribution in [1.82, 2.24) is 0 Å². The van der Waals surface area contributed by atoms with Gasteiger partial charge in [0.2, 0.25) is 0 Å². The topological polar surface area (TPSA) is 0 Å². The van der Waals surface area contributed by atoms with Crippen LogP contribution in [-0.2, 0) is 0 Å². The molecule has 0 aliphatic rings. The SMILES string of the molecule is SCCCCS. The molecule has 0 amide bonds. The van der Waals surface area contributed by atoms with Crippen LogP contribution in [-0.4, -0.2) is 11.5 Å². The van der Waals surface area contributed by atoms with E-state index in [0.29, 0.717) is 0 Å². The third-order valence-corrected chi connectivity index (χ3v) is 1.20. The molecule has 0 bridgehead atoms. The lowest BCUT2D eigenvalue weighted by Crippen LogP contribution is -1.74. The molecule has 0 spiro atoms. The van der Waals surface area contributed by atoms with Crippen LogP contribution < -0.4 is 0 Å². The van der Waals surface area contributed by atoms with Crippen LogP contribution in [0.15, 0.2) is 0 Å². The lowest BCUT2D eigenvalue weighted by Gasteiger charge is -1.85. The Morgan fingerprint density at radius 1 is 0.833 bits per heavy atom. The van der Waals surface area contributed by atoms with E-state index in [1.165, 1.54) is 12.8 Å². The fraction of sp³-hybridized carbons (Fsp3) is 1.00. The zero-order valence-corrected chi connectivity index (χ0v) is 5.51. The molecule has 0 aromatic rings. The fourth-order valence-corrected chi connectivity index (χ4v) is 0.671. The smallest absolute Gasteiger partial charge is 0.00976 e. The van der Waals surface area contributed by atoms with Gasteiger partial charge in [-0.2, -0.15) is 25.3 Å². The molecule has 2 heteroatoms. The number of hydrogen-bond acceptors (Lipinski definition) is 2. The molecule has 0 radical (unpaired) electrons. The maximum absolute atomic E-state index is 4.02. The number of hydrogen-bond donors (Lipinski definition) is 2. The minimum Gasteiger partial charge on any atom is -0.179 e. The lowest BCUT2D eigenvalue weighted by atomic mass is 10.4. The summed E-state index contributed by atoms with van der Waals surface area (Å²) >= 11 is 8.04. The first-order valence-corrected chi connectivity index (χ1v) is 3.40. The van der Waals surface area contributed by atoms with Gasteiger partial charge >= 0.3 is 0 Å². The van der Waals surface area contributed by atoms with Gasteiger partial charge in [0.25, 0.3) is 0 Å². The largest absolute Gasteiger partial charge is 0.179 e. The van der Waals surface area contributed by atoms with E-state index in [9.17, 15) is 0 Å². The van der Waals surface area contributed by atoms with Crippen molar-refractivity contribution in [2.75, 3.05) is 11.5 Å². The Bertz CT molecular complexity index is 17.5. The Hall–Kier alpha value is 0.700. The highest BCUT2D eigenvalue weighted by atomic mass is 32.1. The molecule has 0 nitrogen and oxygen atoms in total. The first-order chi connectivity index (χ1) is 2.91. The zero-order chi connectivity index (χ0) is 4.83. The van der Waals surface area contributed by atoms with Crippen molar-refractivity contribution in [3.05, 3.63) is 0 Å². The molecule has 0 aromatic heterocycles. The van der Waals surface area contributed by atoms with Crippen LogP contribution in [0.3, 0.4) is 0 Å². The standard InChI is InChI=1S/C4H10S2/c5-3-1-2-4-6/h5-6H,1-4H2. The number of unbranched alkanes of at least 4 members (excludes halogenated alkanes) is 1. The molecule has 0 aliphatic heterocycles. The molecule has 0 saturated carbocycles. The molecule has 0 rings (SSSR count). The molecule has 0 fully saturated rings. The first kappa shape index (κ1) is 6.70. The summed E-state index contributed by atoms with van der Waals surface area (Å²) in [5.74, 6) is 2.00. The van der Waals surface area contributed by atoms with Gasteiger partial charge in [0.1, 0.15) is 0 Å². The molecule has 0 atom stereocenters. The van der Waals surface area contributed by atoms with Crippen LogP contribution >= 0.6 is 25.3 Å². The Morgan fingerprint density at radius 3 is 1.33 bits per heavy atom. The Balaban J connectivity index is 2.34. The minimum atomic E-state index is 1.00. The Kier molecular flexibility index (Phi) is 6.36. The monoisotopic (exact) mass is 122 g/mol. The van der Waals surface area contributed by atoms with Gasteiger partial charge < -0.3 is 0 Å². The first-order valence-electron chi connectivity index (χ1n) is 2.13. The summed E-state index contributed by atoms with van der Waals surface area (Å²) in [7, 11) is 0. The lowest BCUT2D eigenvalue weighted by molar-refractivity contribution is 0.912. The van der Waals surface area contributed by atoms with E-state index < -0.39 is 0 Å². The molecule has 0 aromatic carbocycles. The third kappa shape index (κ3) is 4.70. The molecular weight excluding hydrogens is 112 g/mol. The van der Waals surface area contributed by atoms with E-state index in [4.69, 9.17) is 0 Å². The highest BCUT2D eigenvalue weighted by Gasteiger charge is 1.76. The summed E-state index contributed by atoms with van der Waals surface area (Å²) in [5.41, 5.74) is 0. The maximum atomic E-state index is 4.02. The van der Waals surface area contributed by atoms with Gasteiger partial charge in [0, 0.05) is 0 Å². The van der Waals surface area contributed by atoms with Crippen molar-refractivity contribution in [2.45, 2.75) is 12.8 Å². The van der Waals surface area contributed by atoms with Crippen molar-refractivity contribution < 1.29 is 0 Å². The maximum Gasteiger partial charge on any atom is -0.00976 e. The van der Waals surface area contributed by atoms with E-state index >= 15 is 0 Å². The van der Waals surface area contributed by atoms with Crippen LogP contribution in [0.5, 0.6) is 0 Å². The van der Waals surface area contributed by atoms with Crippen molar-refractivity contribution in [1.29, 1.82) is 0 Å². The summed E-state index contributed by atoms with van der Waals surface area (Å²) in [6.45, 7) is 0. The molecule has 0 N–H and O–H groups in total. The van der Waals surface area contributed by atoms with Gasteiger partial charge in [0.15, 0.2) is 0 Å². The van der Waals surface area contributed by atoms with E-state index in [1.54, 1.807) is 0 Å². The fourth-order valence-electron chi connectivity index (χ4n) is 0.224. The minimum absolute atomic E-state index is 1.00. The van der Waals surface area contributed by atoms with Crippen molar-refractivity contribution in [2.24, 2.45) is 0 Å². The molecule has 0 heterocycles. The number of thiol groups is 2.